The Kier molecular flexibility index (Phi) is 3.82. The molecular weight excluding hydrogens is 172 g/mol. The van der Waals surface area contributed by atoms with E-state index in [0.29, 0.717) is 0 Å². The van der Waals surface area contributed by atoms with Crippen molar-refractivity contribution >= 4 is 0 Å². The van der Waals surface area contributed by atoms with Crippen LogP contribution in [0.3, 0.4) is 0 Å². The van der Waals surface area contributed by atoms with Crippen LogP contribution in [0, 0.1) is 11.8 Å². The lowest BCUT2D eigenvalue weighted by atomic mass is 9.75. The zero-order valence-electron chi connectivity index (χ0n) is 9.25. The highest BCUT2D eigenvalue weighted by molar-refractivity contribution is 4.83. The summed E-state index contributed by atoms with van der Waals surface area (Å²) in [5, 5.41) is 0. The molecule has 0 aromatic carbocycles. The molecule has 0 spiro atoms. The van der Waals surface area contributed by atoms with Gasteiger partial charge in [0, 0.05) is 6.54 Å². The molecule has 0 aromatic heterocycles. The molecule has 0 amide bonds. The maximum absolute atomic E-state index is 5.55. The van der Waals surface area contributed by atoms with Crippen molar-refractivity contribution in [2.45, 2.75) is 38.5 Å². The summed E-state index contributed by atoms with van der Waals surface area (Å²) < 4.78 is 0. The van der Waals surface area contributed by atoms with Crippen LogP contribution >= 0.6 is 0 Å². The SMILES string of the molecule is NCCCN1CC[C@H]2CCCC[C@@H]2C1. The molecule has 82 valence electrons. The van der Waals surface area contributed by atoms with Crippen LogP contribution in [-0.4, -0.2) is 31.1 Å². The summed E-state index contributed by atoms with van der Waals surface area (Å²) in [7, 11) is 0. The minimum absolute atomic E-state index is 0.852. The third kappa shape index (κ3) is 2.48. The van der Waals surface area contributed by atoms with Crippen molar-refractivity contribution in [3.63, 3.8) is 0 Å². The standard InChI is InChI=1S/C12H24N2/c13-7-3-8-14-9-6-11-4-1-2-5-12(11)10-14/h11-12H,1-10,13H2/t11-,12-/m1/s1. The van der Waals surface area contributed by atoms with E-state index in [1.165, 1.54) is 58.2 Å². The van der Waals surface area contributed by atoms with E-state index in [4.69, 9.17) is 5.73 Å². The molecule has 2 nitrogen and oxygen atoms in total. The van der Waals surface area contributed by atoms with Crippen LogP contribution in [0.25, 0.3) is 0 Å². The molecule has 14 heavy (non-hydrogen) atoms. The van der Waals surface area contributed by atoms with Crippen LogP contribution < -0.4 is 5.73 Å². The summed E-state index contributed by atoms with van der Waals surface area (Å²) in [4.78, 5) is 2.64. The highest BCUT2D eigenvalue weighted by atomic mass is 15.1. The fourth-order valence-electron chi connectivity index (χ4n) is 3.19. The lowest BCUT2D eigenvalue weighted by molar-refractivity contribution is 0.0866. The number of rotatable bonds is 3. The zero-order valence-corrected chi connectivity index (χ0v) is 9.25. The first-order valence-corrected chi connectivity index (χ1v) is 6.32. The Balaban J connectivity index is 1.77. The van der Waals surface area contributed by atoms with Gasteiger partial charge in [-0.1, -0.05) is 19.3 Å². The molecule has 2 heteroatoms. The predicted octanol–water partition coefficient (Wildman–Crippen LogP) is 1.85. The monoisotopic (exact) mass is 196 g/mol. The number of fused-ring (bicyclic) bond motifs is 1. The summed E-state index contributed by atoms with van der Waals surface area (Å²) in [6, 6.07) is 0. The maximum Gasteiger partial charge on any atom is 0.00123 e. The summed E-state index contributed by atoms with van der Waals surface area (Å²) in [6.45, 7) is 4.79. The van der Waals surface area contributed by atoms with Gasteiger partial charge in [-0.05, 0) is 50.7 Å². The van der Waals surface area contributed by atoms with Crippen LogP contribution in [0.2, 0.25) is 0 Å². The smallest absolute Gasteiger partial charge is 0.00123 e. The van der Waals surface area contributed by atoms with Gasteiger partial charge in [0.05, 0.1) is 0 Å². The molecule has 0 bridgehead atoms. The van der Waals surface area contributed by atoms with Gasteiger partial charge in [-0.2, -0.15) is 0 Å². The van der Waals surface area contributed by atoms with Crippen molar-refractivity contribution in [3.05, 3.63) is 0 Å². The molecule has 1 aliphatic carbocycles. The topological polar surface area (TPSA) is 29.3 Å². The van der Waals surface area contributed by atoms with Crippen molar-refractivity contribution in [2.75, 3.05) is 26.2 Å². The van der Waals surface area contributed by atoms with Gasteiger partial charge < -0.3 is 10.6 Å². The first-order valence-electron chi connectivity index (χ1n) is 6.32. The first-order chi connectivity index (χ1) is 6.90. The van der Waals surface area contributed by atoms with Crippen molar-refractivity contribution in [1.82, 2.24) is 4.90 Å². The first kappa shape index (κ1) is 10.4. The highest BCUT2D eigenvalue weighted by Crippen LogP contribution is 2.35. The zero-order chi connectivity index (χ0) is 9.80. The van der Waals surface area contributed by atoms with Crippen LogP contribution in [0.4, 0.5) is 0 Å². The Morgan fingerprint density at radius 2 is 1.86 bits per heavy atom. The molecule has 2 aliphatic rings. The summed E-state index contributed by atoms with van der Waals surface area (Å²) in [6.07, 6.45) is 8.60. The Hall–Kier alpha value is -0.0800. The van der Waals surface area contributed by atoms with Gasteiger partial charge >= 0.3 is 0 Å². The van der Waals surface area contributed by atoms with Gasteiger partial charge in [0.15, 0.2) is 0 Å². The van der Waals surface area contributed by atoms with Crippen molar-refractivity contribution in [2.24, 2.45) is 17.6 Å². The fourth-order valence-corrected chi connectivity index (χ4v) is 3.19. The van der Waals surface area contributed by atoms with E-state index >= 15 is 0 Å². The Morgan fingerprint density at radius 3 is 2.64 bits per heavy atom. The van der Waals surface area contributed by atoms with Crippen LogP contribution in [0.5, 0.6) is 0 Å². The van der Waals surface area contributed by atoms with E-state index in [-0.39, 0.29) is 0 Å². The maximum atomic E-state index is 5.55. The van der Waals surface area contributed by atoms with E-state index in [9.17, 15) is 0 Å². The lowest BCUT2D eigenvalue weighted by Crippen LogP contribution is -2.42. The molecule has 1 saturated heterocycles. The second-order valence-electron chi connectivity index (χ2n) is 5.04. The second kappa shape index (κ2) is 5.13. The number of hydrogen-bond donors (Lipinski definition) is 1. The van der Waals surface area contributed by atoms with Gasteiger partial charge in [-0.25, -0.2) is 0 Å². The van der Waals surface area contributed by atoms with E-state index in [2.05, 4.69) is 4.90 Å². The minimum Gasteiger partial charge on any atom is -0.330 e. The number of hydrogen-bond acceptors (Lipinski definition) is 2. The third-order valence-electron chi connectivity index (χ3n) is 4.05. The quantitative estimate of drug-likeness (QED) is 0.746. The summed E-state index contributed by atoms with van der Waals surface area (Å²) >= 11 is 0. The van der Waals surface area contributed by atoms with Crippen LogP contribution in [0.15, 0.2) is 0 Å². The van der Waals surface area contributed by atoms with Crippen LogP contribution in [0.1, 0.15) is 38.5 Å². The van der Waals surface area contributed by atoms with E-state index in [1.807, 2.05) is 0 Å². The molecule has 0 unspecified atom stereocenters. The Labute approximate surface area is 87.8 Å². The van der Waals surface area contributed by atoms with Gasteiger partial charge in [-0.15, -0.1) is 0 Å². The highest BCUT2D eigenvalue weighted by Gasteiger charge is 2.30. The van der Waals surface area contributed by atoms with Crippen molar-refractivity contribution < 1.29 is 0 Å². The predicted molar refractivity (Wildman–Crippen MR) is 60.2 cm³/mol. The molecule has 2 N–H and O–H groups in total. The lowest BCUT2D eigenvalue weighted by Gasteiger charge is -2.41. The van der Waals surface area contributed by atoms with Gasteiger partial charge in [-0.3, -0.25) is 0 Å². The van der Waals surface area contributed by atoms with Crippen molar-refractivity contribution in [3.8, 4) is 0 Å². The van der Waals surface area contributed by atoms with Crippen LogP contribution in [-0.2, 0) is 0 Å². The van der Waals surface area contributed by atoms with Gasteiger partial charge in [0.25, 0.3) is 0 Å². The van der Waals surface area contributed by atoms with Crippen molar-refractivity contribution in [1.29, 1.82) is 0 Å². The second-order valence-corrected chi connectivity index (χ2v) is 5.04. The number of nitrogens with two attached hydrogens (primary N) is 1. The average Bonchev–Trinajstić information content (AvgIpc) is 2.26. The minimum atomic E-state index is 0.852. The molecule has 2 fully saturated rings. The number of nitrogens with zero attached hydrogens (tertiary/aromatic N) is 1. The molecule has 2 atom stereocenters. The van der Waals surface area contributed by atoms with Gasteiger partial charge in [0.1, 0.15) is 0 Å². The van der Waals surface area contributed by atoms with E-state index < -0.39 is 0 Å². The summed E-state index contributed by atoms with van der Waals surface area (Å²) in [5.41, 5.74) is 5.55. The van der Waals surface area contributed by atoms with Gasteiger partial charge in [0.2, 0.25) is 0 Å². The average molecular weight is 196 g/mol. The molecular formula is C12H24N2. The molecule has 1 heterocycles. The number of likely N-dealkylation sites (tertiary alicyclic amines) is 1. The Morgan fingerprint density at radius 1 is 1.07 bits per heavy atom. The summed E-state index contributed by atoms with van der Waals surface area (Å²) in [5.74, 6) is 2.09. The van der Waals surface area contributed by atoms with E-state index in [1.54, 1.807) is 0 Å². The molecule has 1 aliphatic heterocycles. The largest absolute Gasteiger partial charge is 0.330 e. The molecule has 2 rings (SSSR count). The van der Waals surface area contributed by atoms with E-state index in [0.717, 1.165) is 18.4 Å². The normalized spacial score (nSPS) is 34.1. The molecule has 1 saturated carbocycles. The molecule has 0 aromatic rings. The fraction of sp³-hybridized carbons (Fsp3) is 1.00. The third-order valence-corrected chi connectivity index (χ3v) is 4.05. The molecule has 0 radical (unpaired) electrons. The Bertz CT molecular complexity index is 170. The number of piperidine rings is 1.